The number of hydrogen-bond acceptors (Lipinski definition) is 3. The molecule has 1 unspecified atom stereocenters. The third-order valence-electron chi connectivity index (χ3n) is 3.20. The van der Waals surface area contributed by atoms with Crippen LogP contribution in [0.25, 0.3) is 0 Å². The standard InChI is InChI=1S/C15H23FN2O2/c1-10(2)8-17-15(20)9-18(4)11(3)13-7-12(16)5-6-14(13)19/h5-7,10-11,19H,8-9H2,1-4H3,(H,17,20). The van der Waals surface area contributed by atoms with Gasteiger partial charge in [0.2, 0.25) is 5.91 Å². The summed E-state index contributed by atoms with van der Waals surface area (Å²) < 4.78 is 13.2. The highest BCUT2D eigenvalue weighted by molar-refractivity contribution is 5.78. The summed E-state index contributed by atoms with van der Waals surface area (Å²) in [5, 5.41) is 12.6. The van der Waals surface area contributed by atoms with E-state index in [9.17, 15) is 14.3 Å². The molecule has 1 aromatic rings. The fourth-order valence-electron chi connectivity index (χ4n) is 1.83. The van der Waals surface area contributed by atoms with Gasteiger partial charge in [0.1, 0.15) is 11.6 Å². The fourth-order valence-corrected chi connectivity index (χ4v) is 1.83. The molecule has 1 atom stereocenters. The number of halogens is 1. The zero-order valence-electron chi connectivity index (χ0n) is 12.5. The molecule has 5 heteroatoms. The van der Waals surface area contributed by atoms with Crippen molar-refractivity contribution in [2.24, 2.45) is 5.92 Å². The number of phenols is 1. The van der Waals surface area contributed by atoms with Crippen molar-refractivity contribution in [2.45, 2.75) is 26.8 Å². The molecular weight excluding hydrogens is 259 g/mol. The number of likely N-dealkylation sites (N-methyl/N-ethyl adjacent to an activating group) is 1. The van der Waals surface area contributed by atoms with Crippen LogP contribution in [0.3, 0.4) is 0 Å². The molecule has 1 aromatic carbocycles. The molecular formula is C15H23FN2O2. The highest BCUT2D eigenvalue weighted by Gasteiger charge is 2.18. The Morgan fingerprint density at radius 3 is 2.65 bits per heavy atom. The lowest BCUT2D eigenvalue weighted by Gasteiger charge is -2.25. The van der Waals surface area contributed by atoms with Gasteiger partial charge >= 0.3 is 0 Å². The molecule has 0 aromatic heterocycles. The summed E-state index contributed by atoms with van der Waals surface area (Å²) >= 11 is 0. The molecule has 2 N–H and O–H groups in total. The summed E-state index contributed by atoms with van der Waals surface area (Å²) in [5.41, 5.74) is 0.476. The molecule has 0 saturated carbocycles. The van der Waals surface area contributed by atoms with Crippen molar-refractivity contribution in [3.8, 4) is 5.75 Å². The molecule has 0 aliphatic rings. The van der Waals surface area contributed by atoms with Crippen LogP contribution in [0, 0.1) is 11.7 Å². The van der Waals surface area contributed by atoms with E-state index >= 15 is 0 Å². The summed E-state index contributed by atoms with van der Waals surface area (Å²) in [6, 6.07) is 3.58. The van der Waals surface area contributed by atoms with E-state index in [1.165, 1.54) is 18.2 Å². The first-order valence-corrected chi connectivity index (χ1v) is 6.76. The summed E-state index contributed by atoms with van der Waals surface area (Å²) in [7, 11) is 1.77. The van der Waals surface area contributed by atoms with Crippen LogP contribution in [-0.2, 0) is 4.79 Å². The van der Waals surface area contributed by atoms with Crippen molar-refractivity contribution < 1.29 is 14.3 Å². The minimum Gasteiger partial charge on any atom is -0.508 e. The van der Waals surface area contributed by atoms with E-state index in [0.717, 1.165) is 0 Å². The first-order valence-electron chi connectivity index (χ1n) is 6.76. The van der Waals surface area contributed by atoms with Gasteiger partial charge in [-0.1, -0.05) is 13.8 Å². The van der Waals surface area contributed by atoms with Crippen molar-refractivity contribution in [1.29, 1.82) is 0 Å². The van der Waals surface area contributed by atoms with Crippen LogP contribution in [0.5, 0.6) is 5.75 Å². The van der Waals surface area contributed by atoms with Gasteiger partial charge in [-0.2, -0.15) is 0 Å². The number of benzene rings is 1. The molecule has 0 fully saturated rings. The topological polar surface area (TPSA) is 52.6 Å². The van der Waals surface area contributed by atoms with Crippen molar-refractivity contribution in [3.63, 3.8) is 0 Å². The Hall–Kier alpha value is -1.62. The lowest BCUT2D eigenvalue weighted by atomic mass is 10.1. The molecule has 0 heterocycles. The van der Waals surface area contributed by atoms with Gasteiger partial charge < -0.3 is 10.4 Å². The van der Waals surface area contributed by atoms with Gasteiger partial charge in [0.25, 0.3) is 0 Å². The van der Waals surface area contributed by atoms with Gasteiger partial charge in [0.15, 0.2) is 0 Å². The molecule has 4 nitrogen and oxygen atoms in total. The lowest BCUT2D eigenvalue weighted by Crippen LogP contribution is -2.37. The number of nitrogens with one attached hydrogen (secondary N) is 1. The molecule has 20 heavy (non-hydrogen) atoms. The molecule has 0 saturated heterocycles. The molecule has 1 rings (SSSR count). The monoisotopic (exact) mass is 282 g/mol. The zero-order valence-corrected chi connectivity index (χ0v) is 12.5. The SMILES string of the molecule is CC(C)CNC(=O)CN(C)C(C)c1cc(F)ccc1O. The molecule has 0 aliphatic carbocycles. The van der Waals surface area contributed by atoms with E-state index in [0.29, 0.717) is 18.0 Å². The van der Waals surface area contributed by atoms with Crippen LogP contribution in [0.15, 0.2) is 18.2 Å². The highest BCUT2D eigenvalue weighted by Crippen LogP contribution is 2.27. The van der Waals surface area contributed by atoms with Crippen LogP contribution >= 0.6 is 0 Å². The summed E-state index contributed by atoms with van der Waals surface area (Å²) in [6.07, 6.45) is 0. The first-order chi connectivity index (χ1) is 9.31. The van der Waals surface area contributed by atoms with Gasteiger partial charge in [0.05, 0.1) is 6.54 Å². The number of carbonyl (C=O) groups excluding carboxylic acids is 1. The van der Waals surface area contributed by atoms with E-state index in [-0.39, 0.29) is 24.2 Å². The van der Waals surface area contributed by atoms with Crippen LogP contribution in [0.4, 0.5) is 4.39 Å². The summed E-state index contributed by atoms with van der Waals surface area (Å²) in [4.78, 5) is 13.5. The fraction of sp³-hybridized carbons (Fsp3) is 0.533. The Kier molecular flexibility index (Phi) is 5.95. The Morgan fingerprint density at radius 2 is 2.05 bits per heavy atom. The average Bonchev–Trinajstić information content (AvgIpc) is 2.38. The molecule has 1 amide bonds. The van der Waals surface area contributed by atoms with E-state index in [1.54, 1.807) is 11.9 Å². The van der Waals surface area contributed by atoms with Crippen molar-refractivity contribution >= 4 is 5.91 Å². The molecule has 0 radical (unpaired) electrons. The second-order valence-electron chi connectivity index (χ2n) is 5.49. The number of hydrogen-bond donors (Lipinski definition) is 2. The second-order valence-corrected chi connectivity index (χ2v) is 5.49. The number of nitrogens with zero attached hydrogens (tertiary/aromatic N) is 1. The first kappa shape index (κ1) is 16.4. The third kappa shape index (κ3) is 4.81. The quantitative estimate of drug-likeness (QED) is 0.841. The van der Waals surface area contributed by atoms with Gasteiger partial charge in [-0.05, 0) is 38.1 Å². The minimum atomic E-state index is -0.401. The predicted octanol–water partition coefficient (Wildman–Crippen LogP) is 2.30. The van der Waals surface area contributed by atoms with Gasteiger partial charge in [-0.25, -0.2) is 4.39 Å². The average molecular weight is 282 g/mol. The molecule has 0 aliphatic heterocycles. The number of amides is 1. The van der Waals surface area contributed by atoms with E-state index in [4.69, 9.17) is 0 Å². The van der Waals surface area contributed by atoms with Crippen LogP contribution in [-0.4, -0.2) is 36.1 Å². The number of carbonyl (C=O) groups is 1. The van der Waals surface area contributed by atoms with Crippen LogP contribution < -0.4 is 5.32 Å². The normalized spacial score (nSPS) is 12.8. The molecule has 0 bridgehead atoms. The van der Waals surface area contributed by atoms with E-state index < -0.39 is 5.82 Å². The Bertz CT molecular complexity index is 463. The number of aromatic hydroxyl groups is 1. The van der Waals surface area contributed by atoms with Gasteiger partial charge in [-0.3, -0.25) is 9.69 Å². The van der Waals surface area contributed by atoms with E-state index in [1.807, 2.05) is 20.8 Å². The maximum Gasteiger partial charge on any atom is 0.234 e. The third-order valence-corrected chi connectivity index (χ3v) is 3.20. The van der Waals surface area contributed by atoms with Gasteiger partial charge in [0, 0.05) is 18.2 Å². The largest absolute Gasteiger partial charge is 0.508 e. The van der Waals surface area contributed by atoms with Crippen molar-refractivity contribution in [2.75, 3.05) is 20.1 Å². The number of rotatable bonds is 6. The van der Waals surface area contributed by atoms with Crippen LogP contribution in [0.1, 0.15) is 32.4 Å². The Labute approximate surface area is 119 Å². The second kappa shape index (κ2) is 7.24. The van der Waals surface area contributed by atoms with Gasteiger partial charge in [-0.15, -0.1) is 0 Å². The smallest absolute Gasteiger partial charge is 0.234 e. The lowest BCUT2D eigenvalue weighted by molar-refractivity contribution is -0.122. The Morgan fingerprint density at radius 1 is 1.40 bits per heavy atom. The zero-order chi connectivity index (χ0) is 15.3. The van der Waals surface area contributed by atoms with E-state index in [2.05, 4.69) is 5.32 Å². The highest BCUT2D eigenvalue weighted by atomic mass is 19.1. The number of phenolic OH excluding ortho intramolecular Hbond substituents is 1. The maximum absolute atomic E-state index is 13.2. The molecule has 112 valence electrons. The van der Waals surface area contributed by atoms with Crippen LogP contribution in [0.2, 0.25) is 0 Å². The summed E-state index contributed by atoms with van der Waals surface area (Å²) in [6.45, 7) is 6.70. The minimum absolute atomic E-state index is 0.0355. The molecule has 0 spiro atoms. The summed E-state index contributed by atoms with van der Waals surface area (Å²) in [5.74, 6) is -0.0477. The van der Waals surface area contributed by atoms with Crippen molar-refractivity contribution in [1.82, 2.24) is 10.2 Å². The maximum atomic E-state index is 13.2. The Balaban J connectivity index is 2.64. The predicted molar refractivity (Wildman–Crippen MR) is 77.0 cm³/mol. The van der Waals surface area contributed by atoms with Crippen molar-refractivity contribution in [3.05, 3.63) is 29.6 Å².